The van der Waals surface area contributed by atoms with Crippen molar-refractivity contribution in [3.8, 4) is 0 Å². The normalized spacial score (nSPS) is 21.2. The van der Waals surface area contributed by atoms with Gasteiger partial charge in [-0.05, 0) is 26.0 Å². The lowest BCUT2D eigenvalue weighted by Gasteiger charge is -2.17. The summed E-state index contributed by atoms with van der Waals surface area (Å²) in [5, 5.41) is 3.92. The highest BCUT2D eigenvalue weighted by atomic mass is 16.7. The molecule has 2 aromatic rings. The number of aromatic amines is 1. The van der Waals surface area contributed by atoms with E-state index in [9.17, 15) is 4.79 Å². The molecule has 0 bridgehead atoms. The number of H-pyrrole nitrogens is 1. The molecule has 3 rings (SSSR count). The lowest BCUT2D eigenvalue weighted by Crippen LogP contribution is -2.34. The monoisotopic (exact) mass is 274 g/mol. The first-order valence-corrected chi connectivity index (χ1v) is 6.71. The molecule has 1 fully saturated rings. The highest BCUT2D eigenvalue weighted by Crippen LogP contribution is 2.22. The molecule has 1 aromatic carbocycles. The quantitative estimate of drug-likeness (QED) is 0.900. The van der Waals surface area contributed by atoms with Crippen LogP contribution in [0.25, 0.3) is 10.9 Å². The summed E-state index contributed by atoms with van der Waals surface area (Å²) in [6.07, 6.45) is 1.73. The van der Waals surface area contributed by atoms with E-state index in [1.807, 2.05) is 44.3 Å². The topological polar surface area (TPSA) is 63.3 Å². The minimum absolute atomic E-state index is 0.100. The highest BCUT2D eigenvalue weighted by molar-refractivity contribution is 6.05. The molecular formula is C15H18N2O3. The van der Waals surface area contributed by atoms with E-state index in [2.05, 4.69) is 10.3 Å². The summed E-state index contributed by atoms with van der Waals surface area (Å²) in [6.45, 7) is 4.68. The Labute approximate surface area is 117 Å². The Morgan fingerprint density at radius 2 is 2.30 bits per heavy atom. The molecule has 0 saturated carbocycles. The number of carbonyl (C=O) groups excluding carboxylic acids is 1. The Balaban J connectivity index is 1.67. The Morgan fingerprint density at radius 3 is 3.05 bits per heavy atom. The minimum atomic E-state index is -0.561. The number of aromatic nitrogens is 1. The van der Waals surface area contributed by atoms with Crippen LogP contribution in [0.3, 0.4) is 0 Å². The van der Waals surface area contributed by atoms with Gasteiger partial charge in [-0.1, -0.05) is 12.1 Å². The molecule has 5 heteroatoms. The summed E-state index contributed by atoms with van der Waals surface area (Å²) in [6, 6.07) is 7.61. The van der Waals surface area contributed by atoms with E-state index in [0.717, 1.165) is 10.9 Å². The van der Waals surface area contributed by atoms with Crippen LogP contribution in [0.5, 0.6) is 0 Å². The maximum Gasteiger partial charge on any atom is 0.253 e. The van der Waals surface area contributed by atoms with Crippen molar-refractivity contribution in [3.05, 3.63) is 36.0 Å². The number of fused-ring (bicyclic) bond motifs is 1. The zero-order chi connectivity index (χ0) is 14.2. The minimum Gasteiger partial charge on any atom is -0.361 e. The van der Waals surface area contributed by atoms with E-state index in [-0.39, 0.29) is 12.0 Å². The van der Waals surface area contributed by atoms with Gasteiger partial charge < -0.3 is 19.8 Å². The van der Waals surface area contributed by atoms with Crippen LogP contribution >= 0.6 is 0 Å². The maximum atomic E-state index is 12.2. The zero-order valence-corrected chi connectivity index (χ0v) is 11.6. The second kappa shape index (κ2) is 4.92. The van der Waals surface area contributed by atoms with Crippen LogP contribution in [-0.4, -0.2) is 35.9 Å². The molecule has 2 heterocycles. The molecule has 2 N–H and O–H groups in total. The third-order valence-corrected chi connectivity index (χ3v) is 3.39. The molecule has 1 aliphatic heterocycles. The first-order valence-electron chi connectivity index (χ1n) is 6.71. The summed E-state index contributed by atoms with van der Waals surface area (Å²) < 4.78 is 11.1. The van der Waals surface area contributed by atoms with Crippen molar-refractivity contribution in [1.82, 2.24) is 10.3 Å². The second-order valence-electron chi connectivity index (χ2n) is 5.41. The van der Waals surface area contributed by atoms with E-state index < -0.39 is 5.79 Å². The van der Waals surface area contributed by atoms with Crippen LogP contribution in [0.2, 0.25) is 0 Å². The summed E-state index contributed by atoms with van der Waals surface area (Å²) in [7, 11) is 0. The number of amides is 1. The van der Waals surface area contributed by atoms with Gasteiger partial charge in [0.05, 0.1) is 17.7 Å². The lowest BCUT2D eigenvalue weighted by molar-refractivity contribution is -0.137. The number of benzene rings is 1. The molecule has 1 atom stereocenters. The first kappa shape index (κ1) is 13.1. The van der Waals surface area contributed by atoms with Gasteiger partial charge in [-0.25, -0.2) is 0 Å². The molecule has 0 aliphatic carbocycles. The average molecular weight is 274 g/mol. The van der Waals surface area contributed by atoms with Crippen molar-refractivity contribution in [1.29, 1.82) is 0 Å². The van der Waals surface area contributed by atoms with Crippen LogP contribution in [0, 0.1) is 0 Å². The van der Waals surface area contributed by atoms with E-state index >= 15 is 0 Å². The van der Waals surface area contributed by atoms with Gasteiger partial charge in [0.15, 0.2) is 5.79 Å². The Bertz CT molecular complexity index is 633. The molecule has 1 saturated heterocycles. The SMILES string of the molecule is CC1(C)OCC(CNC(=O)c2cccc3cc[nH]c23)O1. The average Bonchev–Trinajstić information content (AvgIpc) is 3.01. The summed E-state index contributed by atoms with van der Waals surface area (Å²) >= 11 is 0. The van der Waals surface area contributed by atoms with Crippen LogP contribution < -0.4 is 5.32 Å². The number of hydrogen-bond acceptors (Lipinski definition) is 3. The fraction of sp³-hybridized carbons (Fsp3) is 0.400. The standard InChI is InChI=1S/C15H18N2O3/c1-15(2)19-9-11(20-15)8-17-14(18)12-5-3-4-10-6-7-16-13(10)12/h3-7,11,16H,8-9H2,1-2H3,(H,17,18). The fourth-order valence-corrected chi connectivity index (χ4v) is 2.44. The largest absolute Gasteiger partial charge is 0.361 e. The van der Waals surface area contributed by atoms with Gasteiger partial charge >= 0.3 is 0 Å². The molecule has 106 valence electrons. The van der Waals surface area contributed by atoms with E-state index in [1.54, 1.807) is 0 Å². The predicted octanol–water partition coefficient (Wildman–Crippen LogP) is 2.05. The first-order chi connectivity index (χ1) is 9.55. The molecule has 5 nitrogen and oxygen atoms in total. The molecular weight excluding hydrogens is 256 g/mol. The Morgan fingerprint density at radius 1 is 1.45 bits per heavy atom. The molecule has 1 aliphatic rings. The summed E-state index contributed by atoms with van der Waals surface area (Å²) in [5.74, 6) is -0.666. The molecule has 20 heavy (non-hydrogen) atoms. The van der Waals surface area contributed by atoms with Gasteiger partial charge in [-0.2, -0.15) is 0 Å². The fourth-order valence-electron chi connectivity index (χ4n) is 2.44. The number of nitrogens with one attached hydrogen (secondary N) is 2. The summed E-state index contributed by atoms with van der Waals surface area (Å²) in [5.41, 5.74) is 1.50. The zero-order valence-electron chi connectivity index (χ0n) is 11.6. The van der Waals surface area contributed by atoms with Crippen LogP contribution in [0.1, 0.15) is 24.2 Å². The molecule has 1 amide bonds. The van der Waals surface area contributed by atoms with Gasteiger partial charge in [0, 0.05) is 18.1 Å². The van der Waals surface area contributed by atoms with Crippen molar-refractivity contribution in [3.63, 3.8) is 0 Å². The predicted molar refractivity (Wildman–Crippen MR) is 75.5 cm³/mol. The van der Waals surface area contributed by atoms with E-state index in [1.165, 1.54) is 0 Å². The molecule has 0 radical (unpaired) electrons. The summed E-state index contributed by atoms with van der Waals surface area (Å²) in [4.78, 5) is 15.3. The van der Waals surface area contributed by atoms with Gasteiger partial charge in [-0.3, -0.25) is 4.79 Å². The molecule has 0 spiro atoms. The number of carbonyl (C=O) groups is 1. The van der Waals surface area contributed by atoms with E-state index in [0.29, 0.717) is 18.7 Å². The van der Waals surface area contributed by atoms with Crippen molar-refractivity contribution < 1.29 is 14.3 Å². The Kier molecular flexibility index (Phi) is 3.23. The number of para-hydroxylation sites is 1. The molecule has 1 unspecified atom stereocenters. The third-order valence-electron chi connectivity index (χ3n) is 3.39. The van der Waals surface area contributed by atoms with Crippen molar-refractivity contribution in [2.24, 2.45) is 0 Å². The van der Waals surface area contributed by atoms with E-state index in [4.69, 9.17) is 9.47 Å². The van der Waals surface area contributed by atoms with Crippen molar-refractivity contribution >= 4 is 16.8 Å². The van der Waals surface area contributed by atoms with Gasteiger partial charge in [0.2, 0.25) is 0 Å². The van der Waals surface area contributed by atoms with Crippen molar-refractivity contribution in [2.45, 2.75) is 25.7 Å². The smallest absolute Gasteiger partial charge is 0.253 e. The van der Waals surface area contributed by atoms with Crippen LogP contribution in [-0.2, 0) is 9.47 Å². The van der Waals surface area contributed by atoms with Crippen LogP contribution in [0.4, 0.5) is 0 Å². The number of ether oxygens (including phenoxy) is 2. The van der Waals surface area contributed by atoms with Gasteiger partial charge in [-0.15, -0.1) is 0 Å². The number of hydrogen-bond donors (Lipinski definition) is 2. The van der Waals surface area contributed by atoms with Gasteiger partial charge in [0.1, 0.15) is 6.10 Å². The van der Waals surface area contributed by atoms with Gasteiger partial charge in [0.25, 0.3) is 5.91 Å². The molecule has 1 aromatic heterocycles. The van der Waals surface area contributed by atoms with Crippen LogP contribution in [0.15, 0.2) is 30.5 Å². The van der Waals surface area contributed by atoms with Crippen molar-refractivity contribution in [2.75, 3.05) is 13.2 Å². The Hall–Kier alpha value is -1.85. The third kappa shape index (κ3) is 2.55. The lowest BCUT2D eigenvalue weighted by atomic mass is 10.1. The maximum absolute atomic E-state index is 12.2. The number of rotatable bonds is 3. The second-order valence-corrected chi connectivity index (χ2v) is 5.41. The highest BCUT2D eigenvalue weighted by Gasteiger charge is 2.32.